The van der Waals surface area contributed by atoms with Crippen LogP contribution in [0.3, 0.4) is 0 Å². The molecule has 23 heavy (non-hydrogen) atoms. The third-order valence-corrected chi connectivity index (χ3v) is 3.15. The number of hydrogen-bond acceptors (Lipinski definition) is 5. The largest absolute Gasteiger partial charge is 0.454 e. The van der Waals surface area contributed by atoms with E-state index in [-0.39, 0.29) is 11.3 Å². The highest BCUT2D eigenvalue weighted by Gasteiger charge is 2.13. The fraction of sp³-hybridized carbons (Fsp3) is 0.278. The number of carbonyl (C=O) groups is 2. The van der Waals surface area contributed by atoms with Crippen LogP contribution < -0.4 is 5.73 Å². The second kappa shape index (κ2) is 8.54. The van der Waals surface area contributed by atoms with Crippen LogP contribution in [0.2, 0.25) is 0 Å². The topological polar surface area (TPSA) is 93.2 Å². The smallest absolute Gasteiger partial charge is 0.331 e. The molecule has 0 aliphatic carbocycles. The van der Waals surface area contributed by atoms with Gasteiger partial charge in [0, 0.05) is 11.8 Å². The number of rotatable bonds is 6. The number of Topliss-reactive ketones (excluding diaryl/α,β-unsaturated/α-hetero) is 1. The third kappa shape index (κ3) is 5.79. The molecule has 0 aliphatic rings. The maximum atomic E-state index is 11.6. The molecule has 1 rings (SSSR count). The number of ether oxygens (including phenoxy) is 1. The van der Waals surface area contributed by atoms with Crippen molar-refractivity contribution in [3.05, 3.63) is 52.7 Å². The van der Waals surface area contributed by atoms with Gasteiger partial charge in [0.1, 0.15) is 11.6 Å². The number of esters is 1. The Morgan fingerprint density at radius 2 is 1.91 bits per heavy atom. The van der Waals surface area contributed by atoms with Crippen LogP contribution in [0.15, 0.2) is 41.6 Å². The molecule has 0 unspecified atom stereocenters. The first kappa shape index (κ1) is 18.2. The average molecular weight is 312 g/mol. The Morgan fingerprint density at radius 1 is 1.30 bits per heavy atom. The number of allylic oxidation sites excluding steroid dienone is 1. The fourth-order valence-electron chi connectivity index (χ4n) is 1.78. The molecule has 0 spiro atoms. The molecule has 0 aromatic heterocycles. The van der Waals surface area contributed by atoms with Crippen molar-refractivity contribution in [2.45, 2.75) is 26.7 Å². The molecule has 1 aromatic carbocycles. The van der Waals surface area contributed by atoms with E-state index in [1.54, 1.807) is 12.1 Å². The minimum Gasteiger partial charge on any atom is -0.454 e. The normalized spacial score (nSPS) is 12.0. The van der Waals surface area contributed by atoms with Crippen LogP contribution in [0, 0.1) is 11.3 Å². The number of nitriles is 1. The van der Waals surface area contributed by atoms with Crippen molar-refractivity contribution >= 4 is 17.8 Å². The van der Waals surface area contributed by atoms with Crippen molar-refractivity contribution in [3.63, 3.8) is 0 Å². The van der Waals surface area contributed by atoms with E-state index in [0.29, 0.717) is 5.92 Å². The summed E-state index contributed by atoms with van der Waals surface area (Å²) in [5.74, 6) is -0.828. The number of carbonyl (C=O) groups excluding carboxylic acids is 2. The van der Waals surface area contributed by atoms with E-state index in [4.69, 9.17) is 15.7 Å². The molecular formula is C18H20N2O3. The van der Waals surface area contributed by atoms with Gasteiger partial charge < -0.3 is 10.5 Å². The van der Waals surface area contributed by atoms with E-state index in [9.17, 15) is 9.59 Å². The van der Waals surface area contributed by atoms with Crippen molar-refractivity contribution in [1.82, 2.24) is 0 Å². The van der Waals surface area contributed by atoms with Crippen LogP contribution in [0.5, 0.6) is 0 Å². The molecule has 0 atom stereocenters. The second-order valence-corrected chi connectivity index (χ2v) is 5.36. The van der Waals surface area contributed by atoms with Crippen LogP contribution in [0.25, 0.3) is 6.08 Å². The fourth-order valence-corrected chi connectivity index (χ4v) is 1.78. The Kier molecular flexibility index (Phi) is 6.75. The van der Waals surface area contributed by atoms with E-state index in [2.05, 4.69) is 13.8 Å². The number of hydrogen-bond donors (Lipinski definition) is 1. The molecule has 0 bridgehead atoms. The zero-order valence-electron chi connectivity index (χ0n) is 13.5. The monoisotopic (exact) mass is 312 g/mol. The predicted molar refractivity (Wildman–Crippen MR) is 88.0 cm³/mol. The summed E-state index contributed by atoms with van der Waals surface area (Å²) in [6.45, 7) is 5.14. The number of ketones is 1. The van der Waals surface area contributed by atoms with Gasteiger partial charge in [0.15, 0.2) is 6.61 Å². The maximum Gasteiger partial charge on any atom is 0.331 e. The van der Waals surface area contributed by atoms with Crippen molar-refractivity contribution in [3.8, 4) is 6.07 Å². The Labute approximate surface area is 136 Å². The summed E-state index contributed by atoms with van der Waals surface area (Å²) in [5, 5.41) is 8.78. The van der Waals surface area contributed by atoms with Crippen molar-refractivity contribution in [2.75, 3.05) is 6.61 Å². The lowest BCUT2D eigenvalue weighted by Gasteiger charge is -2.04. The summed E-state index contributed by atoms with van der Waals surface area (Å²) >= 11 is 0. The molecule has 5 nitrogen and oxygen atoms in total. The van der Waals surface area contributed by atoms with Crippen LogP contribution in [0.1, 0.15) is 37.8 Å². The molecule has 0 fully saturated rings. The first-order valence-electron chi connectivity index (χ1n) is 7.19. The molecule has 0 radical (unpaired) electrons. The van der Waals surface area contributed by atoms with Gasteiger partial charge in [-0.3, -0.25) is 4.79 Å². The molecule has 120 valence electrons. The van der Waals surface area contributed by atoms with Gasteiger partial charge in [0.25, 0.3) is 0 Å². The van der Waals surface area contributed by atoms with Gasteiger partial charge in [-0.15, -0.1) is 0 Å². The van der Waals surface area contributed by atoms with Crippen LogP contribution >= 0.6 is 0 Å². The molecule has 1 aromatic rings. The Balaban J connectivity index is 2.58. The summed E-state index contributed by atoms with van der Waals surface area (Å²) in [4.78, 5) is 23.2. The van der Waals surface area contributed by atoms with Crippen molar-refractivity contribution in [2.24, 2.45) is 5.73 Å². The van der Waals surface area contributed by atoms with Gasteiger partial charge in [-0.25, -0.2) is 4.79 Å². The SMILES string of the molecule is C/C(N)=C(\C#N)C(=O)COC(=O)/C=C/c1ccc(C(C)C)cc1. The van der Waals surface area contributed by atoms with Crippen molar-refractivity contribution < 1.29 is 14.3 Å². The summed E-state index contributed by atoms with van der Waals surface area (Å²) < 4.78 is 4.80. The standard InChI is InChI=1S/C18H20N2O3/c1-12(2)15-7-4-14(5-8-15)6-9-18(22)23-11-17(21)16(10-19)13(3)20/h4-9,12H,11,20H2,1-3H3/b9-6+,16-13-. The predicted octanol–water partition coefficient (Wildman–Crippen LogP) is 2.69. The summed E-state index contributed by atoms with van der Waals surface area (Å²) in [5.41, 5.74) is 7.39. The molecule has 2 N–H and O–H groups in total. The lowest BCUT2D eigenvalue weighted by Crippen LogP contribution is -2.16. The van der Waals surface area contributed by atoms with Gasteiger partial charge >= 0.3 is 5.97 Å². The molecule has 5 heteroatoms. The summed E-state index contributed by atoms with van der Waals surface area (Å²) in [6, 6.07) is 9.48. The maximum absolute atomic E-state index is 11.6. The highest BCUT2D eigenvalue weighted by molar-refractivity contribution is 6.01. The highest BCUT2D eigenvalue weighted by Crippen LogP contribution is 2.15. The molecule has 0 aliphatic heterocycles. The number of nitrogens with two attached hydrogens (primary N) is 1. The number of benzene rings is 1. The summed E-state index contributed by atoms with van der Waals surface area (Å²) in [7, 11) is 0. The first-order chi connectivity index (χ1) is 10.8. The van der Waals surface area contributed by atoms with Gasteiger partial charge in [-0.05, 0) is 30.0 Å². The van der Waals surface area contributed by atoms with Crippen molar-refractivity contribution in [1.29, 1.82) is 5.26 Å². The van der Waals surface area contributed by atoms with Gasteiger partial charge in [0.2, 0.25) is 5.78 Å². The van der Waals surface area contributed by atoms with E-state index in [1.165, 1.54) is 18.6 Å². The minimum atomic E-state index is -0.654. The lowest BCUT2D eigenvalue weighted by molar-refractivity contribution is -0.141. The number of nitrogens with zero attached hydrogens (tertiary/aromatic N) is 1. The zero-order chi connectivity index (χ0) is 17.4. The average Bonchev–Trinajstić information content (AvgIpc) is 2.51. The third-order valence-electron chi connectivity index (χ3n) is 3.15. The minimum absolute atomic E-state index is 0.106. The molecular weight excluding hydrogens is 292 g/mol. The highest BCUT2D eigenvalue weighted by atomic mass is 16.5. The van der Waals surface area contributed by atoms with Crippen LogP contribution in [-0.2, 0) is 14.3 Å². The van der Waals surface area contributed by atoms with E-state index >= 15 is 0 Å². The molecule has 0 saturated carbocycles. The Hall–Kier alpha value is -2.87. The molecule has 0 amide bonds. The zero-order valence-corrected chi connectivity index (χ0v) is 13.5. The first-order valence-corrected chi connectivity index (χ1v) is 7.19. The Bertz CT molecular complexity index is 673. The Morgan fingerprint density at radius 3 is 2.39 bits per heavy atom. The second-order valence-electron chi connectivity index (χ2n) is 5.36. The van der Waals surface area contributed by atoms with E-state index in [1.807, 2.05) is 24.3 Å². The molecule has 0 heterocycles. The van der Waals surface area contributed by atoms with E-state index < -0.39 is 18.4 Å². The van der Waals surface area contributed by atoms with Gasteiger partial charge in [-0.1, -0.05) is 38.1 Å². The van der Waals surface area contributed by atoms with Crippen LogP contribution in [0.4, 0.5) is 0 Å². The lowest BCUT2D eigenvalue weighted by atomic mass is 10.0. The van der Waals surface area contributed by atoms with Gasteiger partial charge in [0.05, 0.1) is 0 Å². The molecule has 0 saturated heterocycles. The van der Waals surface area contributed by atoms with Crippen LogP contribution in [-0.4, -0.2) is 18.4 Å². The van der Waals surface area contributed by atoms with E-state index in [0.717, 1.165) is 5.56 Å². The van der Waals surface area contributed by atoms with Gasteiger partial charge in [-0.2, -0.15) is 5.26 Å². The quantitative estimate of drug-likeness (QED) is 0.495. The summed E-state index contributed by atoms with van der Waals surface area (Å²) in [6.07, 6.45) is 2.84.